The normalized spacial score (nSPS) is 15.8. The third-order valence-electron chi connectivity index (χ3n) is 3.60. The van der Waals surface area contributed by atoms with Crippen molar-refractivity contribution in [2.75, 3.05) is 0 Å². The van der Waals surface area contributed by atoms with Crippen LogP contribution in [0, 0.1) is 5.92 Å². The molecule has 1 aliphatic rings. The second-order valence-electron chi connectivity index (χ2n) is 5.17. The lowest BCUT2D eigenvalue weighted by atomic mass is 10.1. The number of aromatic nitrogens is 1. The summed E-state index contributed by atoms with van der Waals surface area (Å²) in [7, 11) is 1.67. The summed E-state index contributed by atoms with van der Waals surface area (Å²) in [4.78, 5) is 25.1. The molecule has 1 saturated carbocycles. The molecule has 0 aromatic carbocycles. The third-order valence-corrected chi connectivity index (χ3v) is 4.55. The maximum atomic E-state index is 12.3. The smallest absolute Gasteiger partial charge is 0.252 e. The molecule has 1 amide bonds. The number of aryl methyl sites for hydroxylation is 1. The van der Waals surface area contributed by atoms with E-state index in [1.807, 2.05) is 11.4 Å². The van der Waals surface area contributed by atoms with Gasteiger partial charge in [0.25, 0.3) is 11.5 Å². The molecule has 2 aromatic heterocycles. The van der Waals surface area contributed by atoms with E-state index in [2.05, 4.69) is 11.4 Å². The molecule has 4 nitrogen and oxygen atoms in total. The van der Waals surface area contributed by atoms with Crippen molar-refractivity contribution in [1.82, 2.24) is 9.88 Å². The van der Waals surface area contributed by atoms with Crippen molar-refractivity contribution in [1.29, 1.82) is 0 Å². The number of amides is 1. The van der Waals surface area contributed by atoms with Crippen molar-refractivity contribution in [2.45, 2.75) is 18.9 Å². The molecule has 2 heterocycles. The molecule has 1 aliphatic carbocycles. The van der Waals surface area contributed by atoms with Crippen LogP contribution < -0.4 is 10.9 Å². The van der Waals surface area contributed by atoms with E-state index in [9.17, 15) is 9.59 Å². The summed E-state index contributed by atoms with van der Waals surface area (Å²) >= 11 is 1.66. The molecule has 104 valence electrons. The van der Waals surface area contributed by atoms with Gasteiger partial charge in [-0.25, -0.2) is 0 Å². The van der Waals surface area contributed by atoms with Crippen LogP contribution in [0.5, 0.6) is 0 Å². The zero-order valence-corrected chi connectivity index (χ0v) is 12.0. The summed E-state index contributed by atoms with van der Waals surface area (Å²) in [5.74, 6) is 0.358. The summed E-state index contributed by atoms with van der Waals surface area (Å²) in [5.41, 5.74) is 0.257. The average Bonchev–Trinajstić information content (AvgIpc) is 3.13. The largest absolute Gasteiger partial charge is 0.344 e. The Balaban J connectivity index is 1.80. The SMILES string of the molecule is Cn1ccc(C(=O)N[C@@H](c2cccs2)C2CC2)cc1=O. The van der Waals surface area contributed by atoms with Crippen LogP contribution in [0.2, 0.25) is 0 Å². The van der Waals surface area contributed by atoms with E-state index in [4.69, 9.17) is 0 Å². The molecule has 0 spiro atoms. The molecular formula is C15H16N2O2S. The van der Waals surface area contributed by atoms with Crippen LogP contribution in [0.3, 0.4) is 0 Å². The second-order valence-corrected chi connectivity index (χ2v) is 6.15. The fourth-order valence-corrected chi connectivity index (χ4v) is 3.10. The maximum Gasteiger partial charge on any atom is 0.252 e. The van der Waals surface area contributed by atoms with Crippen LogP contribution in [0.25, 0.3) is 0 Å². The van der Waals surface area contributed by atoms with Crippen molar-refractivity contribution in [3.05, 3.63) is 56.6 Å². The minimum absolute atomic E-state index is 0.0755. The molecule has 0 aliphatic heterocycles. The van der Waals surface area contributed by atoms with Gasteiger partial charge in [0.2, 0.25) is 0 Å². The number of nitrogens with one attached hydrogen (secondary N) is 1. The maximum absolute atomic E-state index is 12.3. The van der Waals surface area contributed by atoms with Crippen LogP contribution in [0.15, 0.2) is 40.6 Å². The number of nitrogens with zero attached hydrogens (tertiary/aromatic N) is 1. The van der Waals surface area contributed by atoms with Gasteiger partial charge in [-0.15, -0.1) is 11.3 Å². The molecule has 5 heteroatoms. The number of carbonyl (C=O) groups excluding carboxylic acids is 1. The Kier molecular flexibility index (Phi) is 3.44. The lowest BCUT2D eigenvalue weighted by Gasteiger charge is -2.17. The van der Waals surface area contributed by atoms with Crippen LogP contribution in [-0.2, 0) is 7.05 Å². The highest BCUT2D eigenvalue weighted by atomic mass is 32.1. The third kappa shape index (κ3) is 2.67. The first-order chi connectivity index (χ1) is 9.65. The Morgan fingerprint density at radius 2 is 2.25 bits per heavy atom. The Hall–Kier alpha value is -1.88. The highest BCUT2D eigenvalue weighted by Crippen LogP contribution is 2.42. The van der Waals surface area contributed by atoms with Gasteiger partial charge in [0.05, 0.1) is 6.04 Å². The van der Waals surface area contributed by atoms with Gasteiger partial charge in [-0.05, 0) is 36.3 Å². The van der Waals surface area contributed by atoms with Crippen molar-refractivity contribution < 1.29 is 4.79 Å². The summed E-state index contributed by atoms with van der Waals surface area (Å²) in [5, 5.41) is 5.09. The van der Waals surface area contributed by atoms with E-state index in [0.29, 0.717) is 11.5 Å². The fourth-order valence-electron chi connectivity index (χ4n) is 2.23. The number of carbonyl (C=O) groups is 1. The van der Waals surface area contributed by atoms with Gasteiger partial charge >= 0.3 is 0 Å². The number of thiophene rings is 1. The van der Waals surface area contributed by atoms with E-state index >= 15 is 0 Å². The fraction of sp³-hybridized carbons (Fsp3) is 0.333. The van der Waals surface area contributed by atoms with E-state index in [1.165, 1.54) is 15.5 Å². The van der Waals surface area contributed by atoms with Gasteiger partial charge in [0.15, 0.2) is 0 Å². The molecule has 1 atom stereocenters. The standard InChI is InChI=1S/C15H16N2O2S/c1-17-7-6-11(9-13(17)18)15(19)16-14(10-4-5-10)12-3-2-8-20-12/h2-3,6-10,14H,4-5H2,1H3,(H,16,19)/t14-/m1/s1. The molecular weight excluding hydrogens is 272 g/mol. The van der Waals surface area contributed by atoms with Crippen LogP contribution in [-0.4, -0.2) is 10.5 Å². The molecule has 20 heavy (non-hydrogen) atoms. The zero-order chi connectivity index (χ0) is 14.1. The van der Waals surface area contributed by atoms with Crippen molar-refractivity contribution in [3.63, 3.8) is 0 Å². The first kappa shape index (κ1) is 13.1. The number of hydrogen-bond donors (Lipinski definition) is 1. The topological polar surface area (TPSA) is 51.1 Å². The van der Waals surface area contributed by atoms with Crippen LogP contribution in [0.1, 0.15) is 34.1 Å². The second kappa shape index (κ2) is 5.25. The highest BCUT2D eigenvalue weighted by molar-refractivity contribution is 7.10. The molecule has 0 bridgehead atoms. The minimum atomic E-state index is -0.173. The Labute approximate surface area is 121 Å². The number of hydrogen-bond acceptors (Lipinski definition) is 3. The predicted octanol–water partition coefficient (Wildman–Crippen LogP) is 2.33. The van der Waals surface area contributed by atoms with E-state index in [1.54, 1.807) is 30.6 Å². The molecule has 1 fully saturated rings. The van der Waals surface area contributed by atoms with E-state index < -0.39 is 0 Å². The lowest BCUT2D eigenvalue weighted by Crippen LogP contribution is -2.30. The number of pyridine rings is 1. The van der Waals surface area contributed by atoms with E-state index in [0.717, 1.165) is 12.8 Å². The summed E-state index contributed by atoms with van der Waals surface area (Å²) in [6.45, 7) is 0. The molecule has 1 N–H and O–H groups in total. The molecule has 0 radical (unpaired) electrons. The zero-order valence-electron chi connectivity index (χ0n) is 11.2. The Morgan fingerprint density at radius 3 is 2.85 bits per heavy atom. The molecule has 3 rings (SSSR count). The van der Waals surface area contributed by atoms with Gasteiger partial charge in [-0.2, -0.15) is 0 Å². The Bertz CT molecular complexity index is 671. The van der Waals surface area contributed by atoms with Gasteiger partial charge in [0, 0.05) is 29.8 Å². The monoisotopic (exact) mass is 288 g/mol. The van der Waals surface area contributed by atoms with Crippen molar-refractivity contribution in [3.8, 4) is 0 Å². The summed E-state index contributed by atoms with van der Waals surface area (Å²) in [6, 6.07) is 7.19. The van der Waals surface area contributed by atoms with Gasteiger partial charge < -0.3 is 9.88 Å². The minimum Gasteiger partial charge on any atom is -0.344 e. The lowest BCUT2D eigenvalue weighted by molar-refractivity contribution is 0.0932. The molecule has 2 aromatic rings. The highest BCUT2D eigenvalue weighted by Gasteiger charge is 2.34. The van der Waals surface area contributed by atoms with Crippen LogP contribution >= 0.6 is 11.3 Å². The summed E-state index contributed by atoms with van der Waals surface area (Å²) in [6.07, 6.45) is 3.92. The molecule has 0 unspecified atom stereocenters. The number of rotatable bonds is 4. The molecule has 0 saturated heterocycles. The van der Waals surface area contributed by atoms with Gasteiger partial charge in [-0.3, -0.25) is 9.59 Å². The van der Waals surface area contributed by atoms with Gasteiger partial charge in [-0.1, -0.05) is 6.07 Å². The van der Waals surface area contributed by atoms with Crippen LogP contribution in [0.4, 0.5) is 0 Å². The quantitative estimate of drug-likeness (QED) is 0.938. The first-order valence-corrected chi connectivity index (χ1v) is 7.54. The van der Waals surface area contributed by atoms with E-state index in [-0.39, 0.29) is 17.5 Å². The van der Waals surface area contributed by atoms with Crippen molar-refractivity contribution >= 4 is 17.2 Å². The predicted molar refractivity (Wildman–Crippen MR) is 78.9 cm³/mol. The van der Waals surface area contributed by atoms with Crippen molar-refractivity contribution in [2.24, 2.45) is 13.0 Å². The first-order valence-electron chi connectivity index (χ1n) is 6.66. The Morgan fingerprint density at radius 1 is 1.45 bits per heavy atom. The average molecular weight is 288 g/mol. The summed E-state index contributed by atoms with van der Waals surface area (Å²) < 4.78 is 1.45. The van der Waals surface area contributed by atoms with Gasteiger partial charge in [0.1, 0.15) is 0 Å².